The molecule has 3 fully saturated rings. The van der Waals surface area contributed by atoms with Crippen molar-refractivity contribution in [2.24, 2.45) is 16.7 Å². The number of carbonyl (C=O) groups excluding carboxylic acids is 1. The van der Waals surface area contributed by atoms with Crippen molar-refractivity contribution < 1.29 is 9.53 Å². The summed E-state index contributed by atoms with van der Waals surface area (Å²) < 4.78 is 5.42. The number of rotatable bonds is 3. The second-order valence-corrected chi connectivity index (χ2v) is 6.70. The molecule has 1 aliphatic carbocycles. The molecule has 2 heterocycles. The zero-order valence-corrected chi connectivity index (χ0v) is 11.3. The van der Waals surface area contributed by atoms with Crippen LogP contribution in [0.2, 0.25) is 0 Å². The van der Waals surface area contributed by atoms with Crippen LogP contribution in [0.4, 0.5) is 0 Å². The third-order valence-corrected chi connectivity index (χ3v) is 5.10. The summed E-state index contributed by atoms with van der Waals surface area (Å²) in [4.78, 5) is 12.2. The van der Waals surface area contributed by atoms with E-state index in [1.165, 1.54) is 12.8 Å². The molecule has 0 bridgehead atoms. The van der Waals surface area contributed by atoms with Crippen molar-refractivity contribution in [3.05, 3.63) is 0 Å². The zero-order valence-electron chi connectivity index (χ0n) is 11.3. The van der Waals surface area contributed by atoms with Crippen molar-refractivity contribution in [3.8, 4) is 0 Å². The Kier molecular flexibility index (Phi) is 3.10. The fourth-order valence-corrected chi connectivity index (χ4v) is 3.47. The lowest BCUT2D eigenvalue weighted by Gasteiger charge is -2.25. The molecule has 2 saturated heterocycles. The molecule has 4 nitrogen and oxygen atoms in total. The van der Waals surface area contributed by atoms with Crippen LogP contribution in [0.1, 0.15) is 32.6 Å². The van der Waals surface area contributed by atoms with Gasteiger partial charge in [0.05, 0.1) is 6.61 Å². The first-order chi connectivity index (χ1) is 8.64. The summed E-state index contributed by atoms with van der Waals surface area (Å²) in [6.45, 7) is 6.76. The minimum absolute atomic E-state index is 0.159. The maximum Gasteiger partial charge on any atom is 0.223 e. The van der Waals surface area contributed by atoms with Crippen molar-refractivity contribution in [2.75, 3.05) is 32.8 Å². The Balaban J connectivity index is 1.48. The molecule has 0 aromatic heterocycles. The molecule has 18 heavy (non-hydrogen) atoms. The fraction of sp³-hybridized carbons (Fsp3) is 0.929. The number of piperidine rings is 1. The Morgan fingerprint density at radius 1 is 1.39 bits per heavy atom. The number of nitrogens with one attached hydrogen (secondary N) is 2. The molecule has 2 atom stereocenters. The summed E-state index contributed by atoms with van der Waals surface area (Å²) in [5, 5.41) is 6.53. The van der Waals surface area contributed by atoms with E-state index in [4.69, 9.17) is 4.74 Å². The normalized spacial score (nSPS) is 37.7. The van der Waals surface area contributed by atoms with Gasteiger partial charge < -0.3 is 15.4 Å². The predicted octanol–water partition coefficient (Wildman–Crippen LogP) is 0.919. The fourth-order valence-electron chi connectivity index (χ4n) is 3.47. The first kappa shape index (κ1) is 12.4. The molecule has 2 aliphatic heterocycles. The van der Waals surface area contributed by atoms with E-state index in [1.807, 2.05) is 0 Å². The van der Waals surface area contributed by atoms with E-state index in [0.29, 0.717) is 5.41 Å². The summed E-state index contributed by atoms with van der Waals surface area (Å²) in [6.07, 6.45) is 4.51. The third-order valence-electron chi connectivity index (χ3n) is 5.10. The van der Waals surface area contributed by atoms with Crippen LogP contribution in [-0.4, -0.2) is 38.8 Å². The lowest BCUT2D eigenvalue weighted by Crippen LogP contribution is -2.39. The Morgan fingerprint density at radius 3 is 2.83 bits per heavy atom. The maximum absolute atomic E-state index is 12.2. The minimum Gasteiger partial charge on any atom is -0.381 e. The molecular formula is C14H24N2O2. The smallest absolute Gasteiger partial charge is 0.223 e. The molecule has 4 heteroatoms. The number of carbonyl (C=O) groups is 1. The van der Waals surface area contributed by atoms with Crippen molar-refractivity contribution in [1.29, 1.82) is 0 Å². The second-order valence-electron chi connectivity index (χ2n) is 6.70. The average Bonchev–Trinajstić information content (AvgIpc) is 2.88. The van der Waals surface area contributed by atoms with Gasteiger partial charge in [0.1, 0.15) is 0 Å². The molecule has 3 rings (SSSR count). The third kappa shape index (κ3) is 2.28. The highest BCUT2D eigenvalue weighted by atomic mass is 16.5. The number of amides is 1. The van der Waals surface area contributed by atoms with E-state index in [-0.39, 0.29) is 17.2 Å². The standard InChI is InChI=1S/C14H24N2O2/c1-13(4-7-18-10-13)9-16-12(17)11-8-14(11)2-5-15-6-3-14/h11,15H,2-10H2,1H3,(H,16,17). The minimum atomic E-state index is 0.159. The number of hydrogen-bond donors (Lipinski definition) is 2. The first-order valence-electron chi connectivity index (χ1n) is 7.20. The highest BCUT2D eigenvalue weighted by Gasteiger charge is 2.57. The SMILES string of the molecule is CC1(CNC(=O)C2CC23CCNCC3)CCOC1. The molecule has 3 aliphatic rings. The van der Waals surface area contributed by atoms with Gasteiger partial charge in [-0.3, -0.25) is 4.79 Å². The van der Waals surface area contributed by atoms with Crippen LogP contribution in [0.3, 0.4) is 0 Å². The monoisotopic (exact) mass is 252 g/mol. The quantitative estimate of drug-likeness (QED) is 0.785. The topological polar surface area (TPSA) is 50.4 Å². The van der Waals surface area contributed by atoms with Gasteiger partial charge in [-0.1, -0.05) is 6.92 Å². The van der Waals surface area contributed by atoms with Gasteiger partial charge in [-0.2, -0.15) is 0 Å². The van der Waals surface area contributed by atoms with Gasteiger partial charge in [-0.25, -0.2) is 0 Å². The first-order valence-corrected chi connectivity index (χ1v) is 7.20. The number of ether oxygens (including phenoxy) is 1. The van der Waals surface area contributed by atoms with Crippen LogP contribution in [-0.2, 0) is 9.53 Å². The largest absolute Gasteiger partial charge is 0.381 e. The Morgan fingerprint density at radius 2 is 2.17 bits per heavy atom. The molecule has 0 radical (unpaired) electrons. The van der Waals surface area contributed by atoms with Crippen LogP contribution in [0.15, 0.2) is 0 Å². The van der Waals surface area contributed by atoms with Crippen molar-refractivity contribution >= 4 is 5.91 Å². The van der Waals surface area contributed by atoms with Crippen molar-refractivity contribution in [1.82, 2.24) is 10.6 Å². The lowest BCUT2D eigenvalue weighted by atomic mass is 9.89. The van der Waals surface area contributed by atoms with Gasteiger partial charge in [0.15, 0.2) is 0 Å². The van der Waals surface area contributed by atoms with E-state index in [2.05, 4.69) is 17.6 Å². The van der Waals surface area contributed by atoms with Gasteiger partial charge >= 0.3 is 0 Å². The summed E-state index contributed by atoms with van der Waals surface area (Å²) in [5.41, 5.74) is 0.508. The molecule has 2 N–H and O–H groups in total. The lowest BCUT2D eigenvalue weighted by molar-refractivity contribution is -0.123. The number of hydrogen-bond acceptors (Lipinski definition) is 3. The summed E-state index contributed by atoms with van der Waals surface area (Å²) in [7, 11) is 0. The molecule has 0 aromatic rings. The van der Waals surface area contributed by atoms with Crippen LogP contribution in [0, 0.1) is 16.7 Å². The Bertz CT molecular complexity index is 331. The van der Waals surface area contributed by atoms with Gasteiger partial charge in [0.25, 0.3) is 0 Å². The summed E-state index contributed by atoms with van der Waals surface area (Å²) in [6, 6.07) is 0. The molecule has 1 amide bonds. The zero-order chi connectivity index (χ0) is 12.6. The van der Waals surface area contributed by atoms with Gasteiger partial charge in [0.2, 0.25) is 5.91 Å². The molecular weight excluding hydrogens is 228 g/mol. The van der Waals surface area contributed by atoms with Crippen LogP contribution in [0.25, 0.3) is 0 Å². The highest BCUT2D eigenvalue weighted by Crippen LogP contribution is 2.58. The van der Waals surface area contributed by atoms with E-state index < -0.39 is 0 Å². The van der Waals surface area contributed by atoms with Crippen LogP contribution >= 0.6 is 0 Å². The van der Waals surface area contributed by atoms with E-state index in [0.717, 1.165) is 45.7 Å². The molecule has 102 valence electrons. The predicted molar refractivity (Wildman–Crippen MR) is 69.2 cm³/mol. The molecule has 0 aromatic carbocycles. The maximum atomic E-state index is 12.2. The van der Waals surface area contributed by atoms with Crippen LogP contribution in [0.5, 0.6) is 0 Å². The Hall–Kier alpha value is -0.610. The van der Waals surface area contributed by atoms with Crippen molar-refractivity contribution in [3.63, 3.8) is 0 Å². The molecule has 2 unspecified atom stereocenters. The van der Waals surface area contributed by atoms with Crippen LogP contribution < -0.4 is 10.6 Å². The van der Waals surface area contributed by atoms with E-state index in [9.17, 15) is 4.79 Å². The van der Waals surface area contributed by atoms with Gasteiger partial charge in [-0.05, 0) is 44.2 Å². The Labute approximate surface area is 109 Å². The van der Waals surface area contributed by atoms with Gasteiger partial charge in [0, 0.05) is 24.5 Å². The highest BCUT2D eigenvalue weighted by molar-refractivity contribution is 5.82. The van der Waals surface area contributed by atoms with E-state index in [1.54, 1.807) is 0 Å². The summed E-state index contributed by atoms with van der Waals surface area (Å²) >= 11 is 0. The summed E-state index contributed by atoms with van der Waals surface area (Å²) in [5.74, 6) is 0.565. The van der Waals surface area contributed by atoms with Gasteiger partial charge in [-0.15, -0.1) is 0 Å². The van der Waals surface area contributed by atoms with E-state index >= 15 is 0 Å². The second kappa shape index (κ2) is 4.49. The average molecular weight is 252 g/mol. The van der Waals surface area contributed by atoms with Crippen molar-refractivity contribution in [2.45, 2.75) is 32.6 Å². The molecule has 1 spiro atoms. The molecule has 1 saturated carbocycles.